The Morgan fingerprint density at radius 2 is 1.90 bits per heavy atom. The molecule has 21 heavy (non-hydrogen) atoms. The summed E-state index contributed by atoms with van der Waals surface area (Å²) in [6.45, 7) is 4.24. The predicted octanol–water partition coefficient (Wildman–Crippen LogP) is 2.27. The molecule has 1 unspecified atom stereocenters. The zero-order chi connectivity index (χ0) is 15.3. The number of amides is 1. The van der Waals surface area contributed by atoms with Crippen LogP contribution in [0.1, 0.15) is 64.7 Å². The van der Waals surface area contributed by atoms with Crippen LogP contribution >= 0.6 is 0 Å². The van der Waals surface area contributed by atoms with Crippen LogP contribution in [-0.2, 0) is 4.79 Å². The summed E-state index contributed by atoms with van der Waals surface area (Å²) in [5.41, 5.74) is 5.08. The standard InChI is InChI=1S/C17H33N3O/c1-17(16(18)21,19-15-9-10-15)11-6-12-20(2)13-14-7-4-3-5-8-14/h14-15,19H,3-13H2,1-2H3,(H2,18,21). The minimum Gasteiger partial charge on any atom is -0.368 e. The SMILES string of the molecule is CN(CCCC(C)(NC1CC1)C(N)=O)CC1CCCCC1. The predicted molar refractivity (Wildman–Crippen MR) is 87.1 cm³/mol. The van der Waals surface area contributed by atoms with Gasteiger partial charge in [0.1, 0.15) is 0 Å². The van der Waals surface area contributed by atoms with Crippen molar-refractivity contribution >= 4 is 5.91 Å². The Hall–Kier alpha value is -0.610. The number of hydrogen-bond donors (Lipinski definition) is 2. The lowest BCUT2D eigenvalue weighted by atomic mass is 9.89. The van der Waals surface area contributed by atoms with Gasteiger partial charge < -0.3 is 16.0 Å². The van der Waals surface area contributed by atoms with Crippen LogP contribution in [0.2, 0.25) is 0 Å². The Kier molecular flexibility index (Phi) is 6.06. The maximum absolute atomic E-state index is 11.7. The molecule has 0 aromatic carbocycles. The summed E-state index contributed by atoms with van der Waals surface area (Å²) in [5.74, 6) is 0.681. The minimum atomic E-state index is -0.521. The van der Waals surface area contributed by atoms with E-state index < -0.39 is 5.54 Å². The van der Waals surface area contributed by atoms with E-state index in [0.29, 0.717) is 6.04 Å². The molecular formula is C17H33N3O. The molecule has 0 aliphatic heterocycles. The highest BCUT2D eigenvalue weighted by Gasteiger charge is 2.36. The highest BCUT2D eigenvalue weighted by atomic mass is 16.1. The van der Waals surface area contributed by atoms with Gasteiger partial charge in [-0.2, -0.15) is 0 Å². The lowest BCUT2D eigenvalue weighted by Crippen LogP contribution is -2.54. The van der Waals surface area contributed by atoms with E-state index in [1.165, 1.54) is 51.5 Å². The molecule has 4 heteroatoms. The van der Waals surface area contributed by atoms with Gasteiger partial charge in [0.05, 0.1) is 5.54 Å². The Bertz CT molecular complexity index is 337. The van der Waals surface area contributed by atoms with Crippen LogP contribution in [0, 0.1) is 5.92 Å². The highest BCUT2D eigenvalue weighted by molar-refractivity contribution is 5.84. The molecule has 2 fully saturated rings. The molecule has 2 aliphatic carbocycles. The van der Waals surface area contributed by atoms with Gasteiger partial charge in [-0.3, -0.25) is 4.79 Å². The fraction of sp³-hybridized carbons (Fsp3) is 0.941. The van der Waals surface area contributed by atoms with Gasteiger partial charge in [-0.25, -0.2) is 0 Å². The lowest BCUT2D eigenvalue weighted by Gasteiger charge is -2.30. The van der Waals surface area contributed by atoms with E-state index in [1.807, 2.05) is 6.92 Å². The summed E-state index contributed by atoms with van der Waals surface area (Å²) < 4.78 is 0. The van der Waals surface area contributed by atoms with Gasteiger partial charge in [-0.15, -0.1) is 0 Å². The average molecular weight is 295 g/mol. The molecule has 2 saturated carbocycles. The monoisotopic (exact) mass is 295 g/mol. The van der Waals surface area contributed by atoms with Crippen LogP contribution in [0.25, 0.3) is 0 Å². The molecule has 1 amide bonds. The lowest BCUT2D eigenvalue weighted by molar-refractivity contribution is -0.124. The van der Waals surface area contributed by atoms with Gasteiger partial charge >= 0.3 is 0 Å². The number of nitrogens with two attached hydrogens (primary N) is 1. The van der Waals surface area contributed by atoms with E-state index >= 15 is 0 Å². The van der Waals surface area contributed by atoms with Crippen molar-refractivity contribution in [2.24, 2.45) is 11.7 Å². The summed E-state index contributed by atoms with van der Waals surface area (Å²) in [7, 11) is 2.21. The second-order valence-electron chi connectivity index (χ2n) is 7.48. The molecule has 122 valence electrons. The van der Waals surface area contributed by atoms with E-state index in [4.69, 9.17) is 5.73 Å². The second-order valence-corrected chi connectivity index (χ2v) is 7.48. The number of nitrogens with zero attached hydrogens (tertiary/aromatic N) is 1. The van der Waals surface area contributed by atoms with Gasteiger partial charge in [0.2, 0.25) is 5.91 Å². The van der Waals surface area contributed by atoms with Gasteiger partial charge in [0.15, 0.2) is 0 Å². The Morgan fingerprint density at radius 3 is 2.48 bits per heavy atom. The van der Waals surface area contributed by atoms with Crippen molar-refractivity contribution in [1.82, 2.24) is 10.2 Å². The molecule has 2 aliphatic rings. The van der Waals surface area contributed by atoms with Crippen molar-refractivity contribution < 1.29 is 4.79 Å². The first-order chi connectivity index (χ1) is 9.99. The number of rotatable bonds is 9. The largest absolute Gasteiger partial charge is 0.368 e. The molecule has 1 atom stereocenters. The molecule has 0 bridgehead atoms. The number of carbonyl (C=O) groups excluding carboxylic acids is 1. The van der Waals surface area contributed by atoms with Gasteiger partial charge in [-0.05, 0) is 65.0 Å². The van der Waals surface area contributed by atoms with Crippen molar-refractivity contribution in [3.63, 3.8) is 0 Å². The molecular weight excluding hydrogens is 262 g/mol. The molecule has 0 saturated heterocycles. The van der Waals surface area contributed by atoms with E-state index in [0.717, 1.165) is 25.3 Å². The first kappa shape index (κ1) is 16.8. The van der Waals surface area contributed by atoms with E-state index in [-0.39, 0.29) is 5.91 Å². The van der Waals surface area contributed by atoms with Crippen LogP contribution < -0.4 is 11.1 Å². The Morgan fingerprint density at radius 1 is 1.24 bits per heavy atom. The minimum absolute atomic E-state index is 0.204. The number of hydrogen-bond acceptors (Lipinski definition) is 3. The molecule has 0 aromatic heterocycles. The Balaban J connectivity index is 1.67. The van der Waals surface area contributed by atoms with Crippen molar-refractivity contribution in [2.45, 2.75) is 76.3 Å². The van der Waals surface area contributed by atoms with Crippen molar-refractivity contribution in [3.05, 3.63) is 0 Å². The summed E-state index contributed by atoms with van der Waals surface area (Å²) in [6.07, 6.45) is 11.3. The molecule has 0 radical (unpaired) electrons. The summed E-state index contributed by atoms with van der Waals surface area (Å²) in [6, 6.07) is 0.516. The van der Waals surface area contributed by atoms with Crippen LogP contribution in [0.4, 0.5) is 0 Å². The molecule has 0 aromatic rings. The third-order valence-electron chi connectivity index (χ3n) is 5.16. The van der Waals surface area contributed by atoms with E-state index in [9.17, 15) is 4.79 Å². The molecule has 2 rings (SSSR count). The van der Waals surface area contributed by atoms with Crippen LogP contribution in [0.3, 0.4) is 0 Å². The first-order valence-corrected chi connectivity index (χ1v) is 8.76. The van der Waals surface area contributed by atoms with Gasteiger partial charge in [0.25, 0.3) is 0 Å². The number of nitrogens with one attached hydrogen (secondary N) is 1. The maximum Gasteiger partial charge on any atom is 0.237 e. The number of carbonyl (C=O) groups is 1. The van der Waals surface area contributed by atoms with Crippen molar-refractivity contribution in [1.29, 1.82) is 0 Å². The number of primary amides is 1. The summed E-state index contributed by atoms with van der Waals surface area (Å²) in [4.78, 5) is 14.2. The first-order valence-electron chi connectivity index (χ1n) is 8.76. The molecule has 0 heterocycles. The summed E-state index contributed by atoms with van der Waals surface area (Å²) >= 11 is 0. The maximum atomic E-state index is 11.7. The third-order valence-corrected chi connectivity index (χ3v) is 5.16. The van der Waals surface area contributed by atoms with Crippen LogP contribution in [0.5, 0.6) is 0 Å². The molecule has 4 nitrogen and oxygen atoms in total. The van der Waals surface area contributed by atoms with Crippen LogP contribution in [0.15, 0.2) is 0 Å². The van der Waals surface area contributed by atoms with E-state index in [2.05, 4.69) is 17.3 Å². The Labute approximate surface area is 129 Å². The van der Waals surface area contributed by atoms with Gasteiger partial charge in [-0.1, -0.05) is 19.3 Å². The topological polar surface area (TPSA) is 58.4 Å². The zero-order valence-electron chi connectivity index (χ0n) is 13.9. The smallest absolute Gasteiger partial charge is 0.237 e. The van der Waals surface area contributed by atoms with Crippen molar-refractivity contribution in [3.8, 4) is 0 Å². The van der Waals surface area contributed by atoms with Crippen LogP contribution in [-0.4, -0.2) is 42.5 Å². The fourth-order valence-corrected chi connectivity index (χ4v) is 3.55. The quantitative estimate of drug-likeness (QED) is 0.686. The molecule has 3 N–H and O–H groups in total. The third kappa shape index (κ3) is 5.59. The van der Waals surface area contributed by atoms with Crippen molar-refractivity contribution in [2.75, 3.05) is 20.1 Å². The fourth-order valence-electron chi connectivity index (χ4n) is 3.55. The van der Waals surface area contributed by atoms with E-state index in [1.54, 1.807) is 0 Å². The molecule has 0 spiro atoms. The summed E-state index contributed by atoms with van der Waals surface area (Å²) in [5, 5.41) is 3.43. The normalized spacial score (nSPS) is 23.2. The van der Waals surface area contributed by atoms with Gasteiger partial charge in [0, 0.05) is 12.6 Å². The average Bonchev–Trinajstić information content (AvgIpc) is 3.23. The zero-order valence-corrected chi connectivity index (χ0v) is 13.9. The highest BCUT2D eigenvalue weighted by Crippen LogP contribution is 2.26. The second kappa shape index (κ2) is 7.59.